The Morgan fingerprint density at radius 1 is 0.600 bits per heavy atom. The number of hydrogen-bond acceptors (Lipinski definition) is 6. The molecule has 0 aromatic rings. The molecule has 208 valence electrons. The van der Waals surface area contributed by atoms with E-state index in [-0.39, 0.29) is 21.9 Å². The van der Waals surface area contributed by atoms with Crippen LogP contribution in [0.15, 0.2) is 0 Å². The van der Waals surface area contributed by atoms with E-state index >= 15 is 0 Å². The van der Waals surface area contributed by atoms with Gasteiger partial charge in [-0.1, -0.05) is 34.6 Å². The molecule has 0 aromatic carbocycles. The van der Waals surface area contributed by atoms with Crippen LogP contribution in [0.4, 0.5) is 0 Å². The summed E-state index contributed by atoms with van der Waals surface area (Å²) >= 11 is 0. The Hall–Kier alpha value is -0.240. The fraction of sp³-hybridized carbons (Fsp3) is 1.00. The van der Waals surface area contributed by atoms with Crippen LogP contribution in [-0.4, -0.2) is 75.0 Å². The molecule has 0 aromatic heterocycles. The molecule has 0 unspecified atom stereocenters. The van der Waals surface area contributed by atoms with Crippen LogP contribution in [0.3, 0.4) is 0 Å². The highest BCUT2D eigenvalue weighted by Gasteiger charge is 2.36. The third-order valence-corrected chi connectivity index (χ3v) is 6.53. The third-order valence-electron chi connectivity index (χ3n) is 6.53. The minimum absolute atomic E-state index is 0.0653. The van der Waals surface area contributed by atoms with Crippen molar-refractivity contribution in [3.05, 3.63) is 0 Å². The van der Waals surface area contributed by atoms with Gasteiger partial charge in [-0.25, -0.2) is 0 Å². The van der Waals surface area contributed by atoms with Crippen LogP contribution >= 0.6 is 0 Å². The molecule has 0 atom stereocenters. The fourth-order valence-electron chi connectivity index (χ4n) is 5.38. The fourth-order valence-corrected chi connectivity index (χ4v) is 5.38. The molecule has 0 saturated heterocycles. The Labute approximate surface area is 216 Å². The normalized spacial score (nSPS) is 25.9. The predicted octanol–water partition coefficient (Wildman–Crippen LogP) is 5.33. The van der Waals surface area contributed by atoms with E-state index in [1.165, 1.54) is 0 Å². The second-order valence-electron chi connectivity index (χ2n) is 14.8. The number of hydrogen-bond donors (Lipinski definition) is 2. The maximum absolute atomic E-state index is 6.02. The van der Waals surface area contributed by atoms with Gasteiger partial charge in [-0.3, -0.25) is 0 Å². The average molecular weight is 499 g/mol. The summed E-state index contributed by atoms with van der Waals surface area (Å²) in [5, 5.41) is 7.50. The molecular formula is C29H58N2O4. The molecule has 0 radical (unpaired) electrons. The summed E-state index contributed by atoms with van der Waals surface area (Å²) in [5.74, 6) is 0. The van der Waals surface area contributed by atoms with Crippen LogP contribution in [0, 0.1) is 10.8 Å². The molecule has 2 N–H and O–H groups in total. The van der Waals surface area contributed by atoms with E-state index < -0.39 is 0 Å². The first-order valence-electron chi connectivity index (χ1n) is 14.0. The van der Waals surface area contributed by atoms with Gasteiger partial charge in [0, 0.05) is 23.2 Å². The van der Waals surface area contributed by atoms with Crippen molar-refractivity contribution in [3.63, 3.8) is 0 Å². The molecular weight excluding hydrogens is 440 g/mol. The van der Waals surface area contributed by atoms with Crippen LogP contribution in [-0.2, 0) is 18.9 Å². The average Bonchev–Trinajstić information content (AvgIpc) is 2.59. The third kappa shape index (κ3) is 13.8. The largest absolute Gasteiger partial charge is 0.379 e. The van der Waals surface area contributed by atoms with Crippen molar-refractivity contribution in [1.29, 1.82) is 0 Å². The van der Waals surface area contributed by atoms with Gasteiger partial charge in [-0.05, 0) is 77.6 Å². The molecule has 2 aliphatic carbocycles. The van der Waals surface area contributed by atoms with Gasteiger partial charge < -0.3 is 29.6 Å². The van der Waals surface area contributed by atoms with Gasteiger partial charge in [0.15, 0.2) is 0 Å². The molecule has 2 aliphatic rings. The van der Waals surface area contributed by atoms with Gasteiger partial charge in [0.05, 0.1) is 51.8 Å². The van der Waals surface area contributed by atoms with Gasteiger partial charge in [0.2, 0.25) is 0 Å². The number of rotatable bonds is 16. The van der Waals surface area contributed by atoms with Gasteiger partial charge in [-0.15, -0.1) is 0 Å². The molecule has 6 nitrogen and oxygen atoms in total. The number of nitrogens with one attached hydrogen (secondary N) is 2. The molecule has 2 rings (SSSR count). The molecule has 2 fully saturated rings. The lowest BCUT2D eigenvalue weighted by Crippen LogP contribution is -2.55. The quantitative estimate of drug-likeness (QED) is 0.280. The van der Waals surface area contributed by atoms with Crippen LogP contribution in [0.5, 0.6) is 0 Å². The summed E-state index contributed by atoms with van der Waals surface area (Å²) in [4.78, 5) is 0. The van der Waals surface area contributed by atoms with Gasteiger partial charge in [-0.2, -0.15) is 0 Å². The first-order chi connectivity index (χ1) is 16.0. The SMILES string of the molecule is CC(C)(C)COCCO[C@H]1C[C@@H](NC(C)(C)CC(C)(C)COCCO[C@H]2C[C@H](NC(C)(C)C)C2)C1. The first kappa shape index (κ1) is 31.0. The van der Waals surface area contributed by atoms with Crippen molar-refractivity contribution in [1.82, 2.24) is 10.6 Å². The predicted molar refractivity (Wildman–Crippen MR) is 145 cm³/mol. The Morgan fingerprint density at radius 2 is 1.06 bits per heavy atom. The summed E-state index contributed by atoms with van der Waals surface area (Å²) in [6, 6.07) is 1.13. The maximum atomic E-state index is 6.02. The molecule has 2 saturated carbocycles. The minimum Gasteiger partial charge on any atom is -0.379 e. The van der Waals surface area contributed by atoms with Crippen LogP contribution in [0.25, 0.3) is 0 Å². The van der Waals surface area contributed by atoms with Crippen LogP contribution in [0.2, 0.25) is 0 Å². The highest BCUT2D eigenvalue weighted by atomic mass is 16.5. The van der Waals surface area contributed by atoms with E-state index in [1.807, 2.05) is 0 Å². The molecule has 0 spiro atoms. The minimum atomic E-state index is 0.0653. The summed E-state index contributed by atoms with van der Waals surface area (Å²) < 4.78 is 23.7. The lowest BCUT2D eigenvalue weighted by Gasteiger charge is -2.43. The summed E-state index contributed by atoms with van der Waals surface area (Å²) in [6.07, 6.45) is 6.22. The van der Waals surface area contributed by atoms with Crippen molar-refractivity contribution in [2.24, 2.45) is 10.8 Å². The zero-order valence-electron chi connectivity index (χ0n) is 24.7. The van der Waals surface area contributed by atoms with E-state index in [9.17, 15) is 0 Å². The smallest absolute Gasteiger partial charge is 0.0704 e. The van der Waals surface area contributed by atoms with E-state index in [2.05, 4.69) is 79.9 Å². The Kier molecular flexibility index (Phi) is 11.5. The van der Waals surface area contributed by atoms with Crippen molar-refractivity contribution >= 4 is 0 Å². The standard InChI is InChI=1S/C29H58N2O4/c1-26(2,3)20-32-11-13-34-25-17-23(18-25)31-29(9,10)19-28(7,8)21-33-12-14-35-24-15-22(16-24)30-27(4,5)6/h22-25,30-31H,11-21H2,1-10H3/t22-,23-,24-,25+. The summed E-state index contributed by atoms with van der Waals surface area (Å²) in [5.41, 5.74) is 0.574. The zero-order valence-corrected chi connectivity index (χ0v) is 24.7. The van der Waals surface area contributed by atoms with Crippen LogP contribution in [0.1, 0.15) is 101 Å². The summed E-state index contributed by atoms with van der Waals surface area (Å²) in [7, 11) is 0. The molecule has 0 amide bonds. The van der Waals surface area contributed by atoms with Crippen molar-refractivity contribution in [2.45, 2.75) is 137 Å². The monoisotopic (exact) mass is 498 g/mol. The molecule has 35 heavy (non-hydrogen) atoms. The first-order valence-corrected chi connectivity index (χ1v) is 14.0. The zero-order chi connectivity index (χ0) is 26.3. The lowest BCUT2D eigenvalue weighted by atomic mass is 9.78. The van der Waals surface area contributed by atoms with E-state index in [1.54, 1.807) is 0 Å². The molecule has 0 bridgehead atoms. The molecule has 0 aliphatic heterocycles. The highest BCUT2D eigenvalue weighted by molar-refractivity contribution is 4.94. The van der Waals surface area contributed by atoms with Crippen molar-refractivity contribution in [2.75, 3.05) is 39.6 Å². The lowest BCUT2D eigenvalue weighted by molar-refractivity contribution is -0.0595. The second-order valence-corrected chi connectivity index (χ2v) is 14.8. The van der Waals surface area contributed by atoms with Crippen LogP contribution < -0.4 is 10.6 Å². The van der Waals surface area contributed by atoms with E-state index in [4.69, 9.17) is 18.9 Å². The Balaban J connectivity index is 1.50. The van der Waals surface area contributed by atoms with Gasteiger partial charge in [0.25, 0.3) is 0 Å². The highest BCUT2D eigenvalue weighted by Crippen LogP contribution is 2.32. The van der Waals surface area contributed by atoms with Crippen molar-refractivity contribution < 1.29 is 18.9 Å². The van der Waals surface area contributed by atoms with E-state index in [0.29, 0.717) is 50.7 Å². The molecule has 6 heteroatoms. The second kappa shape index (κ2) is 13.0. The summed E-state index contributed by atoms with van der Waals surface area (Å²) in [6.45, 7) is 26.7. The maximum Gasteiger partial charge on any atom is 0.0704 e. The van der Waals surface area contributed by atoms with Crippen molar-refractivity contribution in [3.8, 4) is 0 Å². The Bertz CT molecular complexity index is 597. The van der Waals surface area contributed by atoms with E-state index in [0.717, 1.165) is 45.3 Å². The molecule has 0 heterocycles. The topological polar surface area (TPSA) is 61.0 Å². The van der Waals surface area contributed by atoms with Gasteiger partial charge >= 0.3 is 0 Å². The number of ether oxygens (including phenoxy) is 4. The van der Waals surface area contributed by atoms with Gasteiger partial charge in [0.1, 0.15) is 0 Å². The Morgan fingerprint density at radius 3 is 1.51 bits per heavy atom.